The Labute approximate surface area is 166 Å². The third-order valence-electron chi connectivity index (χ3n) is 5.36. The van der Waals surface area contributed by atoms with Gasteiger partial charge in [0.2, 0.25) is 5.91 Å². The van der Waals surface area contributed by atoms with Crippen molar-refractivity contribution in [1.29, 1.82) is 0 Å². The van der Waals surface area contributed by atoms with Gasteiger partial charge in [-0.05, 0) is 37.8 Å². The molecule has 5 heteroatoms. The molecule has 146 valence electrons. The number of carbonyl (C=O) groups is 2. The number of aryl methyl sites for hydroxylation is 1. The van der Waals surface area contributed by atoms with Gasteiger partial charge < -0.3 is 10.2 Å². The van der Waals surface area contributed by atoms with Gasteiger partial charge in [0, 0.05) is 17.8 Å². The number of hydrogen-bond acceptors (Lipinski definition) is 3. The van der Waals surface area contributed by atoms with Crippen molar-refractivity contribution in [3.05, 3.63) is 40.3 Å². The highest BCUT2D eigenvalue weighted by atomic mass is 32.2. The van der Waals surface area contributed by atoms with Gasteiger partial charge in [0.05, 0.1) is 4.91 Å². The maximum Gasteiger partial charge on any atom is 0.261 e. The van der Waals surface area contributed by atoms with Gasteiger partial charge >= 0.3 is 0 Å². The smallest absolute Gasteiger partial charge is 0.261 e. The Bertz CT molecular complexity index is 699. The molecule has 2 atom stereocenters. The van der Waals surface area contributed by atoms with Gasteiger partial charge in [-0.25, -0.2) is 0 Å². The standard InChI is InChI=1S/C22H30N2O2S/c1-3-4-13-23-21(25)15-24-18-7-5-6-8-19(18)27-20(22(24)26)14-17-11-9-16(2)10-12-17/h9-12,14,18-19H,3-8,13,15H2,1-2H3,(H,23,25)/b20-14+. The van der Waals surface area contributed by atoms with Gasteiger partial charge in [-0.3, -0.25) is 9.59 Å². The molecule has 1 aromatic rings. The fourth-order valence-corrected chi connectivity index (χ4v) is 5.26. The Hall–Kier alpha value is -1.75. The molecule has 1 heterocycles. The number of nitrogens with zero attached hydrogens (tertiary/aromatic N) is 1. The van der Waals surface area contributed by atoms with E-state index in [1.54, 1.807) is 11.8 Å². The lowest BCUT2D eigenvalue weighted by Gasteiger charge is -2.43. The van der Waals surface area contributed by atoms with Crippen LogP contribution in [-0.4, -0.2) is 41.1 Å². The first kappa shape index (κ1) is 20.0. The molecule has 4 nitrogen and oxygen atoms in total. The van der Waals surface area contributed by atoms with Gasteiger partial charge in [0.15, 0.2) is 0 Å². The van der Waals surface area contributed by atoms with E-state index in [9.17, 15) is 9.59 Å². The highest BCUT2D eigenvalue weighted by molar-refractivity contribution is 8.04. The summed E-state index contributed by atoms with van der Waals surface area (Å²) in [6, 6.07) is 8.40. The van der Waals surface area contributed by atoms with E-state index in [4.69, 9.17) is 0 Å². The van der Waals surface area contributed by atoms with Crippen LogP contribution >= 0.6 is 11.8 Å². The number of benzene rings is 1. The number of rotatable bonds is 6. The Kier molecular flexibility index (Phi) is 7.00. The highest BCUT2D eigenvalue weighted by Crippen LogP contribution is 2.42. The number of carbonyl (C=O) groups excluding carboxylic acids is 2. The molecule has 1 saturated heterocycles. The fraction of sp³-hybridized carbons (Fsp3) is 0.545. The lowest BCUT2D eigenvalue weighted by Crippen LogP contribution is -2.54. The van der Waals surface area contributed by atoms with Crippen molar-refractivity contribution in [2.24, 2.45) is 0 Å². The number of fused-ring (bicyclic) bond motifs is 1. The molecule has 1 saturated carbocycles. The molecule has 2 amide bonds. The van der Waals surface area contributed by atoms with Crippen LogP contribution in [-0.2, 0) is 9.59 Å². The summed E-state index contributed by atoms with van der Waals surface area (Å²) in [5.74, 6) is -0.0305. The third kappa shape index (κ3) is 5.16. The summed E-state index contributed by atoms with van der Waals surface area (Å²) >= 11 is 1.71. The van der Waals surface area contributed by atoms with Crippen LogP contribution in [0.25, 0.3) is 6.08 Å². The van der Waals surface area contributed by atoms with Crippen LogP contribution in [0.3, 0.4) is 0 Å². The molecule has 1 N–H and O–H groups in total. The third-order valence-corrected chi connectivity index (χ3v) is 6.76. The zero-order chi connectivity index (χ0) is 19.2. The quantitative estimate of drug-likeness (QED) is 0.590. The van der Waals surface area contributed by atoms with E-state index in [-0.39, 0.29) is 24.4 Å². The lowest BCUT2D eigenvalue weighted by molar-refractivity contribution is -0.135. The number of hydrogen-bond donors (Lipinski definition) is 1. The fourth-order valence-electron chi connectivity index (χ4n) is 3.79. The number of unbranched alkanes of at least 4 members (excludes halogenated alkanes) is 1. The summed E-state index contributed by atoms with van der Waals surface area (Å²) in [5, 5.41) is 3.36. The van der Waals surface area contributed by atoms with Crippen molar-refractivity contribution < 1.29 is 9.59 Å². The Morgan fingerprint density at radius 1 is 1.26 bits per heavy atom. The van der Waals surface area contributed by atoms with Crippen LogP contribution in [0.4, 0.5) is 0 Å². The van der Waals surface area contributed by atoms with Crippen LogP contribution in [0.5, 0.6) is 0 Å². The van der Waals surface area contributed by atoms with E-state index in [0.29, 0.717) is 11.8 Å². The second kappa shape index (κ2) is 9.45. The number of amides is 2. The molecule has 0 bridgehead atoms. The van der Waals surface area contributed by atoms with E-state index in [1.807, 2.05) is 23.1 Å². The molecule has 27 heavy (non-hydrogen) atoms. The molecule has 2 unspecified atom stereocenters. The lowest BCUT2D eigenvalue weighted by atomic mass is 9.93. The van der Waals surface area contributed by atoms with Gasteiger partial charge in [-0.15, -0.1) is 11.8 Å². The SMILES string of the molecule is CCCCNC(=O)CN1C(=O)/C(=C\c2ccc(C)cc2)SC2CCCCC21. The van der Waals surface area contributed by atoms with Crippen LogP contribution < -0.4 is 5.32 Å². The highest BCUT2D eigenvalue weighted by Gasteiger charge is 2.41. The Morgan fingerprint density at radius 3 is 2.74 bits per heavy atom. The van der Waals surface area contributed by atoms with Crippen molar-refractivity contribution in [3.63, 3.8) is 0 Å². The molecular weight excluding hydrogens is 356 g/mol. The minimum atomic E-state index is -0.0392. The minimum Gasteiger partial charge on any atom is -0.355 e. The Morgan fingerprint density at radius 2 is 2.00 bits per heavy atom. The van der Waals surface area contributed by atoms with Crippen LogP contribution in [0.1, 0.15) is 56.6 Å². The molecule has 3 rings (SSSR count). The van der Waals surface area contributed by atoms with Crippen molar-refractivity contribution >= 4 is 29.7 Å². The molecule has 1 aliphatic heterocycles. The first-order chi connectivity index (χ1) is 13.1. The maximum absolute atomic E-state index is 13.2. The van der Waals surface area contributed by atoms with Crippen LogP contribution in [0.2, 0.25) is 0 Å². The average molecular weight is 387 g/mol. The average Bonchev–Trinajstić information content (AvgIpc) is 2.67. The summed E-state index contributed by atoms with van der Waals surface area (Å²) in [6.07, 6.45) is 8.47. The van der Waals surface area contributed by atoms with Crippen molar-refractivity contribution in [2.75, 3.05) is 13.1 Å². The molecular formula is C22H30N2O2S. The van der Waals surface area contributed by atoms with Crippen LogP contribution in [0, 0.1) is 6.92 Å². The first-order valence-electron chi connectivity index (χ1n) is 10.1. The molecule has 1 aliphatic carbocycles. The maximum atomic E-state index is 13.2. The predicted molar refractivity (Wildman–Crippen MR) is 112 cm³/mol. The van der Waals surface area contributed by atoms with Crippen molar-refractivity contribution in [2.45, 2.75) is 63.7 Å². The Balaban J connectivity index is 1.77. The van der Waals surface area contributed by atoms with E-state index in [1.165, 1.54) is 12.0 Å². The molecule has 1 aromatic carbocycles. The normalized spacial score (nSPS) is 24.0. The predicted octanol–water partition coefficient (Wildman–Crippen LogP) is 4.14. The van der Waals surface area contributed by atoms with E-state index < -0.39 is 0 Å². The number of thioether (sulfide) groups is 1. The molecule has 0 spiro atoms. The zero-order valence-corrected chi connectivity index (χ0v) is 17.2. The monoisotopic (exact) mass is 386 g/mol. The van der Waals surface area contributed by atoms with Gasteiger partial charge in [0.1, 0.15) is 6.54 Å². The summed E-state index contributed by atoms with van der Waals surface area (Å²) < 4.78 is 0. The van der Waals surface area contributed by atoms with Gasteiger partial charge in [-0.1, -0.05) is 56.0 Å². The summed E-state index contributed by atoms with van der Waals surface area (Å²) in [4.78, 5) is 28.2. The topological polar surface area (TPSA) is 49.4 Å². The molecule has 2 fully saturated rings. The second-order valence-electron chi connectivity index (χ2n) is 7.56. The first-order valence-corrected chi connectivity index (χ1v) is 11.0. The summed E-state index contributed by atoms with van der Waals surface area (Å²) in [6.45, 7) is 5.02. The molecule has 0 aromatic heterocycles. The van der Waals surface area contributed by atoms with E-state index in [2.05, 4.69) is 31.3 Å². The minimum absolute atomic E-state index is 0.00867. The summed E-state index contributed by atoms with van der Waals surface area (Å²) in [5.41, 5.74) is 2.25. The largest absolute Gasteiger partial charge is 0.355 e. The zero-order valence-electron chi connectivity index (χ0n) is 16.4. The van der Waals surface area contributed by atoms with Crippen molar-refractivity contribution in [1.82, 2.24) is 10.2 Å². The van der Waals surface area contributed by atoms with Crippen LogP contribution in [0.15, 0.2) is 29.2 Å². The molecule has 2 aliphatic rings. The van der Waals surface area contributed by atoms with Crippen molar-refractivity contribution in [3.8, 4) is 0 Å². The van der Waals surface area contributed by atoms with E-state index in [0.717, 1.165) is 42.6 Å². The number of nitrogens with one attached hydrogen (secondary N) is 1. The van der Waals surface area contributed by atoms with Gasteiger partial charge in [0.25, 0.3) is 5.91 Å². The summed E-state index contributed by atoms with van der Waals surface area (Å²) in [7, 11) is 0. The molecule has 0 radical (unpaired) electrons. The second-order valence-corrected chi connectivity index (χ2v) is 8.84. The van der Waals surface area contributed by atoms with Gasteiger partial charge in [-0.2, -0.15) is 0 Å². The van der Waals surface area contributed by atoms with E-state index >= 15 is 0 Å².